The molecular weight excluding hydrogens is 405 g/mol. The van der Waals surface area contributed by atoms with E-state index in [1.807, 2.05) is 45.3 Å². The number of carbonyl (C=O) groups excluding carboxylic acids is 1. The number of rotatable bonds is 5. The number of aromatic nitrogens is 2. The van der Waals surface area contributed by atoms with E-state index >= 15 is 4.39 Å². The van der Waals surface area contributed by atoms with Crippen LogP contribution in [0.15, 0.2) is 48.8 Å². The minimum atomic E-state index is -0.504. The molecule has 7 heteroatoms. The molecule has 2 aromatic heterocycles. The van der Waals surface area contributed by atoms with E-state index in [0.717, 1.165) is 47.7 Å². The quantitative estimate of drug-likeness (QED) is 0.660. The summed E-state index contributed by atoms with van der Waals surface area (Å²) in [5, 5.41) is 3.02. The second-order valence-corrected chi connectivity index (χ2v) is 8.01. The van der Waals surface area contributed by atoms with Crippen LogP contribution in [0.2, 0.25) is 0 Å². The highest BCUT2D eigenvalue weighted by Crippen LogP contribution is 2.35. The van der Waals surface area contributed by atoms with E-state index in [1.165, 1.54) is 6.07 Å². The van der Waals surface area contributed by atoms with Crippen LogP contribution in [0, 0.1) is 5.82 Å². The van der Waals surface area contributed by atoms with E-state index in [1.54, 1.807) is 23.4 Å². The van der Waals surface area contributed by atoms with Gasteiger partial charge >= 0.3 is 0 Å². The van der Waals surface area contributed by atoms with Gasteiger partial charge in [0.1, 0.15) is 11.6 Å². The van der Waals surface area contributed by atoms with Crippen molar-refractivity contribution in [2.75, 3.05) is 45.6 Å². The van der Waals surface area contributed by atoms with Gasteiger partial charge in [0.25, 0.3) is 5.91 Å². The van der Waals surface area contributed by atoms with E-state index in [-0.39, 0.29) is 11.5 Å². The summed E-state index contributed by atoms with van der Waals surface area (Å²) in [4.78, 5) is 25.7. The molecule has 1 aliphatic rings. The first-order chi connectivity index (χ1) is 15.5. The molecule has 0 unspecified atom stereocenters. The number of anilines is 1. The minimum absolute atomic E-state index is 0.115. The average Bonchev–Trinajstić information content (AvgIpc) is 2.83. The van der Waals surface area contributed by atoms with Crippen molar-refractivity contribution in [1.82, 2.24) is 19.8 Å². The molecule has 0 atom stereocenters. The summed E-state index contributed by atoms with van der Waals surface area (Å²) in [6.45, 7) is 4.86. The molecule has 6 nitrogen and oxygen atoms in total. The van der Waals surface area contributed by atoms with Gasteiger partial charge in [0.2, 0.25) is 0 Å². The van der Waals surface area contributed by atoms with Gasteiger partial charge in [-0.15, -0.1) is 0 Å². The molecule has 0 spiro atoms. The summed E-state index contributed by atoms with van der Waals surface area (Å²) in [7, 11) is 3.85. The topological polar surface area (TPSA) is 61.4 Å². The van der Waals surface area contributed by atoms with Crippen LogP contribution in [0.3, 0.4) is 0 Å². The summed E-state index contributed by atoms with van der Waals surface area (Å²) >= 11 is 0. The van der Waals surface area contributed by atoms with E-state index in [0.29, 0.717) is 18.7 Å². The van der Waals surface area contributed by atoms with Gasteiger partial charge in [-0.3, -0.25) is 9.78 Å². The maximum atomic E-state index is 15.1. The lowest BCUT2D eigenvalue weighted by atomic mass is 9.93. The zero-order chi connectivity index (χ0) is 22.7. The number of likely N-dealkylation sites (N-methyl/N-ethyl adjacent to an activating group) is 1. The number of hydrogen-bond acceptors (Lipinski definition) is 5. The molecule has 1 aromatic carbocycles. The molecule has 1 saturated heterocycles. The van der Waals surface area contributed by atoms with Gasteiger partial charge in [-0.1, -0.05) is 13.0 Å². The molecular formula is C25H28FN5O. The molecule has 1 aliphatic heterocycles. The van der Waals surface area contributed by atoms with Gasteiger partial charge in [-0.25, -0.2) is 9.37 Å². The Kier molecular flexibility index (Phi) is 6.46. The van der Waals surface area contributed by atoms with E-state index in [9.17, 15) is 4.79 Å². The predicted molar refractivity (Wildman–Crippen MR) is 125 cm³/mol. The summed E-state index contributed by atoms with van der Waals surface area (Å²) in [6.07, 6.45) is 4.28. The first kappa shape index (κ1) is 21.9. The van der Waals surface area contributed by atoms with Gasteiger partial charge < -0.3 is 15.1 Å². The molecule has 0 radical (unpaired) electrons. The highest BCUT2D eigenvalue weighted by molar-refractivity contribution is 5.95. The largest absolute Gasteiger partial charge is 0.373 e. The lowest BCUT2D eigenvalue weighted by molar-refractivity contribution is 0.0659. The predicted octanol–water partition coefficient (Wildman–Crippen LogP) is 3.94. The fraction of sp³-hybridized carbons (Fsp3) is 0.320. The smallest absolute Gasteiger partial charge is 0.256 e. The Balaban J connectivity index is 1.71. The maximum absolute atomic E-state index is 15.1. The van der Waals surface area contributed by atoms with Crippen molar-refractivity contribution < 1.29 is 9.18 Å². The summed E-state index contributed by atoms with van der Waals surface area (Å²) in [5.41, 5.74) is 4.46. The Hall–Kier alpha value is -3.32. The molecule has 0 bridgehead atoms. The third-order valence-electron chi connectivity index (χ3n) is 5.97. The van der Waals surface area contributed by atoms with Crippen LogP contribution in [0.1, 0.15) is 23.0 Å². The molecule has 1 N–H and O–H groups in total. The Labute approximate surface area is 188 Å². The Bertz CT molecular complexity index is 1110. The molecule has 0 aliphatic carbocycles. The second kappa shape index (κ2) is 9.44. The van der Waals surface area contributed by atoms with Gasteiger partial charge in [0.15, 0.2) is 0 Å². The molecule has 0 saturated carbocycles. The normalized spacial score (nSPS) is 14.4. The third kappa shape index (κ3) is 4.34. The van der Waals surface area contributed by atoms with Crippen molar-refractivity contribution in [2.24, 2.45) is 0 Å². The fourth-order valence-electron chi connectivity index (χ4n) is 4.06. The number of hydrogen-bond donors (Lipinski definition) is 1. The van der Waals surface area contributed by atoms with Crippen molar-refractivity contribution in [3.05, 3.63) is 65.9 Å². The summed E-state index contributed by atoms with van der Waals surface area (Å²) in [5.74, 6) is 0.0177. The number of halogens is 1. The lowest BCUT2D eigenvalue weighted by Gasteiger charge is -2.32. The van der Waals surface area contributed by atoms with Gasteiger partial charge in [-0.05, 0) is 54.9 Å². The Morgan fingerprint density at radius 1 is 1.06 bits per heavy atom. The van der Waals surface area contributed by atoms with Crippen molar-refractivity contribution in [2.45, 2.75) is 13.3 Å². The fourth-order valence-corrected chi connectivity index (χ4v) is 4.06. The minimum Gasteiger partial charge on any atom is -0.373 e. The van der Waals surface area contributed by atoms with Crippen LogP contribution >= 0.6 is 0 Å². The molecule has 3 heterocycles. The van der Waals surface area contributed by atoms with E-state index < -0.39 is 5.82 Å². The first-order valence-electron chi connectivity index (χ1n) is 10.9. The number of benzene rings is 1. The van der Waals surface area contributed by atoms with Crippen LogP contribution < -0.4 is 5.32 Å². The molecule has 4 rings (SSSR count). The van der Waals surface area contributed by atoms with Crippen molar-refractivity contribution >= 4 is 11.7 Å². The number of amides is 1. The third-order valence-corrected chi connectivity index (χ3v) is 5.97. The summed E-state index contributed by atoms with van der Waals surface area (Å²) < 4.78 is 15.1. The molecule has 32 heavy (non-hydrogen) atoms. The molecule has 166 valence electrons. The van der Waals surface area contributed by atoms with E-state index in [4.69, 9.17) is 0 Å². The van der Waals surface area contributed by atoms with Crippen LogP contribution in [0.4, 0.5) is 10.2 Å². The Morgan fingerprint density at radius 2 is 1.81 bits per heavy atom. The number of nitrogens with one attached hydrogen (secondary N) is 1. The lowest BCUT2D eigenvalue weighted by Crippen LogP contribution is -2.47. The van der Waals surface area contributed by atoms with Gasteiger partial charge in [-0.2, -0.15) is 0 Å². The zero-order valence-electron chi connectivity index (χ0n) is 18.7. The number of carbonyl (C=O) groups is 1. The monoisotopic (exact) mass is 433 g/mol. The molecule has 1 amide bonds. The molecule has 1 fully saturated rings. The van der Waals surface area contributed by atoms with Crippen LogP contribution in [0.25, 0.3) is 22.3 Å². The van der Waals surface area contributed by atoms with Crippen LogP contribution in [-0.4, -0.2) is 65.9 Å². The number of piperazine rings is 1. The van der Waals surface area contributed by atoms with Gasteiger partial charge in [0.05, 0.1) is 5.56 Å². The van der Waals surface area contributed by atoms with Gasteiger partial charge in [0, 0.05) is 62.4 Å². The first-order valence-corrected chi connectivity index (χ1v) is 10.9. The van der Waals surface area contributed by atoms with Crippen molar-refractivity contribution in [1.29, 1.82) is 0 Å². The maximum Gasteiger partial charge on any atom is 0.256 e. The Morgan fingerprint density at radius 3 is 2.44 bits per heavy atom. The highest BCUT2D eigenvalue weighted by Gasteiger charge is 2.23. The average molecular weight is 434 g/mol. The zero-order valence-corrected chi connectivity index (χ0v) is 18.7. The summed E-state index contributed by atoms with van der Waals surface area (Å²) in [6, 6.07) is 10.7. The second-order valence-electron chi connectivity index (χ2n) is 8.01. The number of pyridine rings is 2. The van der Waals surface area contributed by atoms with Crippen LogP contribution in [-0.2, 0) is 6.42 Å². The standard InChI is InChI=1S/C25H28FN5O/c1-4-22-24(18-6-8-23(27-2)29-16-18)19(9-10-28-22)17-5-7-20(21(26)15-17)25(32)31-13-11-30(3)12-14-31/h5-10,15-16H,4,11-14H2,1-3H3,(H,27,29). The number of aryl methyl sites for hydroxylation is 1. The molecule has 3 aromatic rings. The number of nitrogens with zero attached hydrogens (tertiary/aromatic N) is 4. The van der Waals surface area contributed by atoms with Crippen molar-refractivity contribution in [3.8, 4) is 22.3 Å². The van der Waals surface area contributed by atoms with Crippen LogP contribution in [0.5, 0.6) is 0 Å². The highest BCUT2D eigenvalue weighted by atomic mass is 19.1. The SMILES string of the molecule is CCc1nccc(-c2ccc(C(=O)N3CCN(C)CC3)c(F)c2)c1-c1ccc(NC)nc1. The van der Waals surface area contributed by atoms with Crippen molar-refractivity contribution in [3.63, 3.8) is 0 Å². The van der Waals surface area contributed by atoms with E-state index in [2.05, 4.69) is 20.2 Å².